The average Bonchev–Trinajstić information content (AvgIpc) is 3.11. The number of hydrogen-bond donors (Lipinski definition) is 0. The van der Waals surface area contributed by atoms with Crippen LogP contribution in [0.3, 0.4) is 0 Å². The van der Waals surface area contributed by atoms with Crippen LogP contribution in [0.25, 0.3) is 11.0 Å². The molecule has 1 atom stereocenters. The number of amides is 1. The zero-order valence-electron chi connectivity index (χ0n) is 18.0. The first-order valence-electron chi connectivity index (χ1n) is 10.6. The largest absolute Gasteiger partial charge is 0.490 e. The number of carbonyl (C=O) groups excluding carboxylic acids is 1. The van der Waals surface area contributed by atoms with Gasteiger partial charge in [-0.1, -0.05) is 54.6 Å². The van der Waals surface area contributed by atoms with Crippen molar-refractivity contribution in [2.45, 2.75) is 12.6 Å². The van der Waals surface area contributed by atoms with Crippen LogP contribution in [-0.2, 0) is 6.54 Å². The highest BCUT2D eigenvalue weighted by Crippen LogP contribution is 2.40. The minimum absolute atomic E-state index is 0.0569. The van der Waals surface area contributed by atoms with E-state index in [0.29, 0.717) is 22.9 Å². The van der Waals surface area contributed by atoms with E-state index in [1.807, 2.05) is 18.2 Å². The highest BCUT2D eigenvalue weighted by atomic mass is 35.5. The summed E-state index contributed by atoms with van der Waals surface area (Å²) in [5, 5.41) is 0.579. The second kappa shape index (κ2) is 8.80. The number of ether oxygens (including phenoxy) is 1. The minimum atomic E-state index is -0.769. The van der Waals surface area contributed by atoms with E-state index in [4.69, 9.17) is 20.8 Å². The van der Waals surface area contributed by atoms with Gasteiger partial charge in [0.15, 0.2) is 5.43 Å². The maximum absolute atomic E-state index is 13.9. The SMILES string of the molecule is C=CCOc1cccc(C2c3c(oc4ccc(F)cc4c3=O)C(=O)N2Cc2ccccc2Cl)c1. The van der Waals surface area contributed by atoms with Gasteiger partial charge in [-0.25, -0.2) is 4.39 Å². The summed E-state index contributed by atoms with van der Waals surface area (Å²) >= 11 is 6.38. The molecule has 0 aliphatic carbocycles. The van der Waals surface area contributed by atoms with Gasteiger partial charge in [-0.2, -0.15) is 0 Å². The number of fused-ring (bicyclic) bond motifs is 2. The fourth-order valence-corrected chi connectivity index (χ4v) is 4.44. The average molecular weight is 476 g/mol. The standard InChI is InChI=1S/C27H19ClFNO4/c1-2-12-33-19-8-5-7-16(13-19)24-23-25(31)20-14-18(29)10-11-22(20)34-26(23)27(32)30(24)15-17-6-3-4-9-21(17)28/h2-11,13-14,24H,1,12,15H2. The summed E-state index contributed by atoms with van der Waals surface area (Å²) in [7, 11) is 0. The molecule has 1 aromatic heterocycles. The van der Waals surface area contributed by atoms with Gasteiger partial charge < -0.3 is 14.1 Å². The van der Waals surface area contributed by atoms with Crippen LogP contribution in [0.4, 0.5) is 4.39 Å². The molecule has 0 N–H and O–H groups in total. The van der Waals surface area contributed by atoms with E-state index in [1.165, 1.54) is 12.1 Å². The van der Waals surface area contributed by atoms with Crippen LogP contribution in [0, 0.1) is 5.82 Å². The van der Waals surface area contributed by atoms with Crippen LogP contribution < -0.4 is 10.2 Å². The summed E-state index contributed by atoms with van der Waals surface area (Å²) < 4.78 is 25.5. The number of halogens is 2. The van der Waals surface area contributed by atoms with Crippen LogP contribution in [0.1, 0.15) is 33.3 Å². The molecule has 5 nitrogen and oxygen atoms in total. The third kappa shape index (κ3) is 3.76. The smallest absolute Gasteiger partial charge is 0.291 e. The second-order valence-corrected chi connectivity index (χ2v) is 8.32. The Morgan fingerprint density at radius 1 is 1.09 bits per heavy atom. The third-order valence-electron chi connectivity index (χ3n) is 5.77. The molecule has 0 saturated carbocycles. The van der Waals surface area contributed by atoms with Crippen LogP contribution in [0.5, 0.6) is 5.75 Å². The normalized spacial score (nSPS) is 14.9. The summed E-state index contributed by atoms with van der Waals surface area (Å²) in [6, 6.07) is 17.2. The Balaban J connectivity index is 1.71. The lowest BCUT2D eigenvalue weighted by atomic mass is 9.98. The molecule has 3 aromatic carbocycles. The van der Waals surface area contributed by atoms with Gasteiger partial charge in [0.1, 0.15) is 23.8 Å². The van der Waals surface area contributed by atoms with Crippen LogP contribution in [-0.4, -0.2) is 17.4 Å². The predicted octanol–water partition coefficient (Wildman–Crippen LogP) is 5.90. The monoisotopic (exact) mass is 475 g/mol. The van der Waals surface area contributed by atoms with Gasteiger partial charge in [0.2, 0.25) is 5.76 Å². The molecule has 1 amide bonds. The Kier molecular flexibility index (Phi) is 5.67. The zero-order valence-corrected chi connectivity index (χ0v) is 18.7. The molecular weight excluding hydrogens is 457 g/mol. The number of benzene rings is 3. The van der Waals surface area contributed by atoms with Gasteiger partial charge in [0, 0.05) is 11.6 Å². The molecule has 0 fully saturated rings. The molecule has 4 aromatic rings. The van der Waals surface area contributed by atoms with E-state index in [2.05, 4.69) is 6.58 Å². The molecule has 170 valence electrons. The Labute approximate surface area is 199 Å². The van der Waals surface area contributed by atoms with Gasteiger partial charge in [-0.05, 0) is 47.5 Å². The lowest BCUT2D eigenvalue weighted by molar-refractivity contribution is 0.0714. The Hall–Kier alpha value is -3.90. The lowest BCUT2D eigenvalue weighted by Gasteiger charge is -2.26. The number of hydrogen-bond acceptors (Lipinski definition) is 4. The molecule has 1 aliphatic rings. The van der Waals surface area contributed by atoms with E-state index in [-0.39, 0.29) is 28.8 Å². The summed E-state index contributed by atoms with van der Waals surface area (Å²) in [6.45, 7) is 4.11. The first-order valence-corrected chi connectivity index (χ1v) is 11.0. The third-order valence-corrected chi connectivity index (χ3v) is 6.14. The van der Waals surface area contributed by atoms with Crippen molar-refractivity contribution >= 4 is 28.5 Å². The van der Waals surface area contributed by atoms with E-state index in [0.717, 1.165) is 11.6 Å². The molecule has 0 saturated heterocycles. The first-order chi connectivity index (χ1) is 16.5. The highest BCUT2D eigenvalue weighted by molar-refractivity contribution is 6.31. The zero-order chi connectivity index (χ0) is 23.8. The molecule has 7 heteroatoms. The van der Waals surface area contributed by atoms with Crippen molar-refractivity contribution in [3.63, 3.8) is 0 Å². The summed E-state index contributed by atoms with van der Waals surface area (Å²) in [4.78, 5) is 28.6. The fourth-order valence-electron chi connectivity index (χ4n) is 4.24. The van der Waals surface area contributed by atoms with Crippen molar-refractivity contribution in [3.05, 3.63) is 123 Å². The molecule has 0 radical (unpaired) electrons. The quantitative estimate of drug-likeness (QED) is 0.326. The molecule has 2 heterocycles. The number of carbonyl (C=O) groups is 1. The molecule has 1 aliphatic heterocycles. The molecule has 5 rings (SSSR count). The maximum Gasteiger partial charge on any atom is 0.291 e. The summed E-state index contributed by atoms with van der Waals surface area (Å²) in [5.74, 6) is -0.500. The van der Waals surface area contributed by atoms with Gasteiger partial charge in [0.05, 0.1) is 17.0 Å². The van der Waals surface area contributed by atoms with Gasteiger partial charge in [-0.3, -0.25) is 9.59 Å². The number of nitrogens with zero attached hydrogens (tertiary/aromatic N) is 1. The predicted molar refractivity (Wildman–Crippen MR) is 128 cm³/mol. The maximum atomic E-state index is 13.9. The van der Waals surface area contributed by atoms with Crippen molar-refractivity contribution < 1.29 is 18.3 Å². The van der Waals surface area contributed by atoms with Crippen molar-refractivity contribution in [3.8, 4) is 5.75 Å². The highest BCUT2D eigenvalue weighted by Gasteiger charge is 2.43. The Bertz CT molecular complexity index is 1500. The molecular formula is C27H19ClFNO4. The lowest BCUT2D eigenvalue weighted by Crippen LogP contribution is -2.29. The molecule has 0 spiro atoms. The van der Waals surface area contributed by atoms with E-state index >= 15 is 0 Å². The van der Waals surface area contributed by atoms with Crippen molar-refractivity contribution in [2.75, 3.05) is 6.61 Å². The van der Waals surface area contributed by atoms with Crippen molar-refractivity contribution in [1.29, 1.82) is 0 Å². The van der Waals surface area contributed by atoms with Crippen LogP contribution in [0.15, 0.2) is 88.6 Å². The summed E-state index contributed by atoms with van der Waals surface area (Å²) in [5.41, 5.74) is 1.24. The fraction of sp³-hybridized carbons (Fsp3) is 0.111. The van der Waals surface area contributed by atoms with Gasteiger partial charge in [0.25, 0.3) is 5.91 Å². The van der Waals surface area contributed by atoms with E-state index in [9.17, 15) is 14.0 Å². The first kappa shape index (κ1) is 21.9. The van der Waals surface area contributed by atoms with Crippen LogP contribution in [0.2, 0.25) is 5.02 Å². The minimum Gasteiger partial charge on any atom is -0.490 e. The van der Waals surface area contributed by atoms with Crippen LogP contribution >= 0.6 is 11.6 Å². The van der Waals surface area contributed by atoms with E-state index in [1.54, 1.807) is 41.3 Å². The van der Waals surface area contributed by atoms with Crippen molar-refractivity contribution in [1.82, 2.24) is 4.90 Å². The second-order valence-electron chi connectivity index (χ2n) is 7.91. The van der Waals surface area contributed by atoms with E-state index < -0.39 is 23.2 Å². The summed E-state index contributed by atoms with van der Waals surface area (Å²) in [6.07, 6.45) is 1.63. The number of rotatable bonds is 6. The molecule has 1 unspecified atom stereocenters. The molecule has 34 heavy (non-hydrogen) atoms. The van der Waals surface area contributed by atoms with Gasteiger partial charge >= 0.3 is 0 Å². The Morgan fingerprint density at radius 3 is 2.71 bits per heavy atom. The topological polar surface area (TPSA) is 59.8 Å². The van der Waals surface area contributed by atoms with Gasteiger partial charge in [-0.15, -0.1) is 0 Å². The molecule has 0 bridgehead atoms. The Morgan fingerprint density at radius 2 is 1.91 bits per heavy atom. The van der Waals surface area contributed by atoms with Crippen molar-refractivity contribution in [2.24, 2.45) is 0 Å².